The molecule has 2 aromatic carbocycles. The first kappa shape index (κ1) is 31.5. The van der Waals surface area contributed by atoms with E-state index in [1.165, 1.54) is 28.7 Å². The van der Waals surface area contributed by atoms with E-state index < -0.39 is 32.2 Å². The number of aromatic hydroxyl groups is 1. The molecule has 43 heavy (non-hydrogen) atoms. The number of imide groups is 1. The molecule has 2 aromatic rings. The Morgan fingerprint density at radius 1 is 1.14 bits per heavy atom. The topological polar surface area (TPSA) is 128 Å². The molecule has 4 atom stereocenters. The Kier molecular flexibility index (Phi) is 9.54. The standard InChI is InChI=1S/C32H38B2ClNO7/c1-4-6-19(13-20-10-11-23(37)15-27(20)35)9-12-28-29-24(18(2)3)16-25-30(26(29)17-33(40)43-28)32(39)36(31(25)38)22-8-5-7-21(14-22)34(41)42/h5,7-8,10-11,13-15,18,25-26,28,30,37,40-42H,4,6,9,12,16-17H2,1-3H3/b19-13+/t25-,26+,28-,30-/m1/s1. The van der Waals surface area contributed by atoms with Crippen LogP contribution in [0, 0.1) is 23.7 Å². The number of fused-ring (bicyclic) bond motifs is 3. The van der Waals surface area contributed by atoms with Gasteiger partial charge in [0.25, 0.3) is 0 Å². The van der Waals surface area contributed by atoms with Crippen LogP contribution in [-0.4, -0.2) is 52.3 Å². The summed E-state index contributed by atoms with van der Waals surface area (Å²) >= 11 is 6.39. The molecule has 0 bridgehead atoms. The van der Waals surface area contributed by atoms with E-state index in [0.717, 1.165) is 29.6 Å². The summed E-state index contributed by atoms with van der Waals surface area (Å²) in [6.45, 7) is 6.28. The lowest BCUT2D eigenvalue weighted by atomic mass is 9.57. The summed E-state index contributed by atoms with van der Waals surface area (Å²) in [7, 11) is -2.79. The smallest absolute Gasteiger partial charge is 0.488 e. The fraction of sp³-hybridized carbons (Fsp3) is 0.438. The molecule has 8 nitrogen and oxygen atoms in total. The van der Waals surface area contributed by atoms with E-state index in [1.54, 1.807) is 24.3 Å². The average molecular weight is 606 g/mol. The largest absolute Gasteiger partial charge is 0.508 e. The zero-order valence-electron chi connectivity index (χ0n) is 24.7. The fourth-order valence-corrected chi connectivity index (χ4v) is 7.32. The van der Waals surface area contributed by atoms with Gasteiger partial charge in [-0.15, -0.1) is 0 Å². The maximum Gasteiger partial charge on any atom is 0.488 e. The van der Waals surface area contributed by atoms with Crippen molar-refractivity contribution < 1.29 is 34.4 Å². The van der Waals surface area contributed by atoms with Crippen molar-refractivity contribution in [3.63, 3.8) is 0 Å². The van der Waals surface area contributed by atoms with Crippen molar-refractivity contribution in [1.82, 2.24) is 0 Å². The second-order valence-corrected chi connectivity index (χ2v) is 12.6. The van der Waals surface area contributed by atoms with Gasteiger partial charge in [0.2, 0.25) is 11.8 Å². The van der Waals surface area contributed by atoms with Gasteiger partial charge in [-0.1, -0.05) is 68.1 Å². The monoisotopic (exact) mass is 605 g/mol. The predicted molar refractivity (Wildman–Crippen MR) is 169 cm³/mol. The minimum absolute atomic E-state index is 0.107. The molecule has 4 N–H and O–H groups in total. The highest BCUT2D eigenvalue weighted by molar-refractivity contribution is 6.58. The normalized spacial score (nSPS) is 24.1. The summed E-state index contributed by atoms with van der Waals surface area (Å²) in [5.74, 6) is -1.93. The predicted octanol–water partition coefficient (Wildman–Crippen LogP) is 4.35. The quantitative estimate of drug-likeness (QED) is 0.190. The van der Waals surface area contributed by atoms with Crippen molar-refractivity contribution >= 4 is 54.9 Å². The molecule has 1 aliphatic carbocycles. The van der Waals surface area contributed by atoms with Gasteiger partial charge in [0.1, 0.15) is 5.75 Å². The lowest BCUT2D eigenvalue weighted by Crippen LogP contribution is -2.46. The molecule has 0 radical (unpaired) electrons. The number of anilines is 1. The molecule has 0 spiro atoms. The van der Waals surface area contributed by atoms with Crippen LogP contribution in [0.5, 0.6) is 5.75 Å². The molecule has 5 rings (SSSR count). The summed E-state index contributed by atoms with van der Waals surface area (Å²) in [6.07, 6.45) is 5.37. The van der Waals surface area contributed by atoms with Crippen LogP contribution in [0.15, 0.2) is 59.2 Å². The molecule has 226 valence electrons. The Morgan fingerprint density at radius 2 is 1.91 bits per heavy atom. The molecule has 0 aromatic heterocycles. The van der Waals surface area contributed by atoms with Gasteiger partial charge in [-0.2, -0.15) is 0 Å². The van der Waals surface area contributed by atoms with Gasteiger partial charge in [-0.05, 0) is 90.8 Å². The van der Waals surface area contributed by atoms with Gasteiger partial charge in [0, 0.05) is 0 Å². The van der Waals surface area contributed by atoms with Gasteiger partial charge in [-0.3, -0.25) is 14.5 Å². The molecule has 2 saturated heterocycles. The Balaban J connectivity index is 1.46. The van der Waals surface area contributed by atoms with Crippen LogP contribution in [0.1, 0.15) is 58.4 Å². The summed E-state index contributed by atoms with van der Waals surface area (Å²) in [4.78, 5) is 28.9. The third kappa shape index (κ3) is 6.35. The van der Waals surface area contributed by atoms with Crippen molar-refractivity contribution in [3.8, 4) is 5.75 Å². The summed E-state index contributed by atoms with van der Waals surface area (Å²) in [5.41, 5.74) is 4.63. The number of amides is 2. The minimum Gasteiger partial charge on any atom is -0.508 e. The highest BCUT2D eigenvalue weighted by Crippen LogP contribution is 2.52. The zero-order chi connectivity index (χ0) is 31.0. The number of benzene rings is 2. The maximum absolute atomic E-state index is 14.0. The Hall–Kier alpha value is -2.88. The van der Waals surface area contributed by atoms with Crippen LogP contribution < -0.4 is 10.4 Å². The number of phenols is 1. The van der Waals surface area contributed by atoms with Crippen LogP contribution in [-0.2, 0) is 14.2 Å². The molecule has 0 saturated carbocycles. The van der Waals surface area contributed by atoms with Crippen molar-refractivity contribution in [1.29, 1.82) is 0 Å². The summed E-state index contributed by atoms with van der Waals surface area (Å²) < 4.78 is 6.16. The molecule has 3 aliphatic rings. The third-order valence-corrected chi connectivity index (χ3v) is 9.34. The number of rotatable bonds is 9. The van der Waals surface area contributed by atoms with Crippen LogP contribution in [0.2, 0.25) is 11.3 Å². The van der Waals surface area contributed by atoms with E-state index in [9.17, 15) is 29.8 Å². The van der Waals surface area contributed by atoms with E-state index in [4.69, 9.17) is 16.3 Å². The van der Waals surface area contributed by atoms with Crippen molar-refractivity contribution in [2.75, 3.05) is 4.90 Å². The maximum atomic E-state index is 14.0. The van der Waals surface area contributed by atoms with Crippen LogP contribution >= 0.6 is 11.6 Å². The number of allylic oxidation sites excluding steroid dienone is 2. The number of hydrogen-bond acceptors (Lipinski definition) is 7. The second-order valence-electron chi connectivity index (χ2n) is 12.2. The van der Waals surface area contributed by atoms with E-state index >= 15 is 0 Å². The number of hydrogen-bond donors (Lipinski definition) is 4. The van der Waals surface area contributed by atoms with Crippen molar-refractivity contribution in [2.24, 2.45) is 23.7 Å². The lowest BCUT2D eigenvalue weighted by Gasteiger charge is -2.44. The zero-order valence-corrected chi connectivity index (χ0v) is 25.5. The number of carbonyl (C=O) groups excluding carboxylic acids is 2. The Bertz CT molecular complexity index is 1460. The van der Waals surface area contributed by atoms with Crippen LogP contribution in [0.25, 0.3) is 6.08 Å². The fourth-order valence-electron chi connectivity index (χ4n) is 7.09. The van der Waals surface area contributed by atoms with Gasteiger partial charge in [0.05, 0.1) is 28.6 Å². The SMILES string of the molecule is CCC/C(=C\c1ccc(O)cc1Cl)CC[C@H]1OB(O)C[C@H]2C1=C(C(C)C)C[C@H]1C(=O)N(c3cccc(B(O)O)c3)C(=O)[C@H]12. The number of halogens is 1. The first-order valence-corrected chi connectivity index (χ1v) is 15.5. The van der Waals surface area contributed by atoms with E-state index in [0.29, 0.717) is 30.0 Å². The highest BCUT2D eigenvalue weighted by atomic mass is 35.5. The Morgan fingerprint density at radius 3 is 2.58 bits per heavy atom. The first-order valence-electron chi connectivity index (χ1n) is 15.1. The molecule has 2 fully saturated rings. The van der Waals surface area contributed by atoms with E-state index in [2.05, 4.69) is 20.8 Å². The van der Waals surface area contributed by atoms with E-state index in [1.807, 2.05) is 6.08 Å². The van der Waals surface area contributed by atoms with Crippen LogP contribution in [0.3, 0.4) is 0 Å². The molecule has 2 amide bonds. The van der Waals surface area contributed by atoms with Crippen molar-refractivity contribution in [3.05, 3.63) is 69.8 Å². The summed E-state index contributed by atoms with van der Waals surface area (Å²) in [6, 6.07) is 11.1. The van der Waals surface area contributed by atoms with Gasteiger partial charge in [0.15, 0.2) is 0 Å². The molecular formula is C32H38B2ClNO7. The summed E-state index contributed by atoms with van der Waals surface area (Å²) in [5, 5.41) is 40.4. The molecule has 2 heterocycles. The second kappa shape index (κ2) is 13.0. The molecule has 0 unspecified atom stereocenters. The number of carbonyl (C=O) groups is 2. The molecule has 11 heteroatoms. The van der Waals surface area contributed by atoms with Crippen LogP contribution in [0.4, 0.5) is 5.69 Å². The number of nitrogens with zero attached hydrogens (tertiary/aromatic N) is 1. The van der Waals surface area contributed by atoms with E-state index in [-0.39, 0.29) is 41.2 Å². The first-order chi connectivity index (χ1) is 20.5. The third-order valence-electron chi connectivity index (χ3n) is 9.01. The van der Waals surface area contributed by atoms with Gasteiger partial charge < -0.3 is 24.8 Å². The van der Waals surface area contributed by atoms with Crippen molar-refractivity contribution in [2.45, 2.75) is 65.3 Å². The number of phenolic OH excluding ortho intramolecular Hbond substituents is 1. The molecule has 2 aliphatic heterocycles. The van der Waals surface area contributed by atoms with Gasteiger partial charge in [-0.25, -0.2) is 0 Å². The highest BCUT2D eigenvalue weighted by Gasteiger charge is 2.57. The van der Waals surface area contributed by atoms with Gasteiger partial charge >= 0.3 is 14.2 Å². The minimum atomic E-state index is -1.72. The Labute approximate surface area is 258 Å². The molecular weight excluding hydrogens is 567 g/mol. The lowest BCUT2D eigenvalue weighted by molar-refractivity contribution is -0.122. The average Bonchev–Trinajstić information content (AvgIpc) is 3.21.